The van der Waals surface area contributed by atoms with E-state index in [1.807, 2.05) is 13.0 Å². The van der Waals surface area contributed by atoms with Crippen LogP contribution in [0, 0.1) is 0 Å². The van der Waals surface area contributed by atoms with E-state index in [2.05, 4.69) is 24.7 Å². The summed E-state index contributed by atoms with van der Waals surface area (Å²) in [5.74, 6) is 0.831. The molecule has 0 unspecified atom stereocenters. The lowest BCUT2D eigenvalue weighted by molar-refractivity contribution is -0.286. The van der Waals surface area contributed by atoms with Gasteiger partial charge in [-0.15, -0.1) is 8.78 Å². The Balaban J connectivity index is 1.52. The SMILES string of the molecule is CCN1CCCN(C(=O)Nc2ccccn2)c2nc(-c3ccc4c(c3)OC(F)(F)O4)ccc21. The smallest absolute Gasteiger partial charge is 0.395 e. The van der Waals surface area contributed by atoms with Gasteiger partial charge in [-0.05, 0) is 55.8 Å². The standard InChI is InChI=1S/C23H21F2N5O3/c1-2-29-12-5-13-30(22(31)28-20-6-3-4-11-26-20)21-17(29)9-8-16(27-21)15-7-10-18-19(14-15)33-23(24,25)32-18/h3-4,6-11,14H,2,5,12-13H2,1H3,(H,26,28,31). The largest absolute Gasteiger partial charge is 0.586 e. The second-order valence-electron chi connectivity index (χ2n) is 7.60. The number of nitrogens with one attached hydrogen (secondary N) is 1. The van der Waals surface area contributed by atoms with E-state index in [0.29, 0.717) is 29.4 Å². The van der Waals surface area contributed by atoms with E-state index in [-0.39, 0.29) is 17.5 Å². The number of carbonyl (C=O) groups is 1. The summed E-state index contributed by atoms with van der Waals surface area (Å²) >= 11 is 0. The molecule has 1 aromatic carbocycles. The number of hydrogen-bond acceptors (Lipinski definition) is 6. The highest BCUT2D eigenvalue weighted by Gasteiger charge is 2.43. The van der Waals surface area contributed by atoms with Crippen LogP contribution in [0.25, 0.3) is 11.3 Å². The van der Waals surface area contributed by atoms with Crippen LogP contribution in [0.2, 0.25) is 0 Å². The molecule has 1 N–H and O–H groups in total. The number of rotatable bonds is 3. The molecule has 2 aliphatic rings. The molecule has 33 heavy (non-hydrogen) atoms. The van der Waals surface area contributed by atoms with E-state index in [0.717, 1.165) is 25.2 Å². The Hall–Kier alpha value is -3.95. The summed E-state index contributed by atoms with van der Waals surface area (Å²) in [5.41, 5.74) is 1.90. The van der Waals surface area contributed by atoms with Crippen LogP contribution < -0.4 is 24.6 Å². The number of halogens is 2. The van der Waals surface area contributed by atoms with Crippen molar-refractivity contribution in [3.05, 3.63) is 54.7 Å². The highest BCUT2D eigenvalue weighted by Crippen LogP contribution is 2.43. The van der Waals surface area contributed by atoms with E-state index in [1.54, 1.807) is 41.4 Å². The summed E-state index contributed by atoms with van der Waals surface area (Å²) in [6.07, 6.45) is -1.33. The Labute approximate surface area is 188 Å². The lowest BCUT2D eigenvalue weighted by atomic mass is 10.1. The lowest BCUT2D eigenvalue weighted by Gasteiger charge is -2.25. The van der Waals surface area contributed by atoms with Crippen LogP contribution in [-0.2, 0) is 0 Å². The number of carbonyl (C=O) groups excluding carboxylic acids is 1. The fraction of sp³-hybridized carbons (Fsp3) is 0.261. The van der Waals surface area contributed by atoms with Gasteiger partial charge in [-0.25, -0.2) is 14.8 Å². The molecule has 5 rings (SSSR count). The molecule has 0 atom stereocenters. The van der Waals surface area contributed by atoms with Crippen molar-refractivity contribution in [1.29, 1.82) is 0 Å². The predicted octanol–water partition coefficient (Wildman–Crippen LogP) is 4.73. The summed E-state index contributed by atoms with van der Waals surface area (Å²) in [7, 11) is 0. The molecule has 0 saturated carbocycles. The van der Waals surface area contributed by atoms with Crippen molar-refractivity contribution in [3.63, 3.8) is 0 Å². The highest BCUT2D eigenvalue weighted by atomic mass is 19.3. The van der Waals surface area contributed by atoms with Gasteiger partial charge in [-0.3, -0.25) is 10.2 Å². The van der Waals surface area contributed by atoms with Gasteiger partial charge in [-0.2, -0.15) is 0 Å². The number of ether oxygens (including phenoxy) is 2. The lowest BCUT2D eigenvalue weighted by Crippen LogP contribution is -2.36. The molecule has 0 spiro atoms. The first-order valence-corrected chi connectivity index (χ1v) is 10.6. The first kappa shape index (κ1) is 20.9. The summed E-state index contributed by atoms with van der Waals surface area (Å²) in [6.45, 7) is 4.03. The Morgan fingerprint density at radius 1 is 1.12 bits per heavy atom. The highest BCUT2D eigenvalue weighted by molar-refractivity contribution is 6.03. The van der Waals surface area contributed by atoms with E-state index in [4.69, 9.17) is 4.98 Å². The number of hydrogen-bond donors (Lipinski definition) is 1. The number of benzene rings is 1. The number of aromatic nitrogens is 2. The van der Waals surface area contributed by atoms with E-state index in [1.165, 1.54) is 12.1 Å². The number of alkyl halides is 2. The fourth-order valence-corrected chi connectivity index (χ4v) is 3.94. The molecule has 0 fully saturated rings. The van der Waals surface area contributed by atoms with Crippen LogP contribution in [0.4, 0.5) is 30.9 Å². The van der Waals surface area contributed by atoms with Crippen LogP contribution in [0.15, 0.2) is 54.7 Å². The van der Waals surface area contributed by atoms with Gasteiger partial charge in [0.25, 0.3) is 0 Å². The zero-order chi connectivity index (χ0) is 23.0. The molecule has 0 radical (unpaired) electrons. The van der Waals surface area contributed by atoms with E-state index < -0.39 is 6.29 Å². The first-order valence-electron chi connectivity index (χ1n) is 10.6. The van der Waals surface area contributed by atoms with Gasteiger partial charge in [0.1, 0.15) is 5.82 Å². The number of amides is 2. The number of nitrogens with zero attached hydrogens (tertiary/aromatic N) is 4. The topological polar surface area (TPSA) is 79.8 Å². The minimum atomic E-state index is -3.69. The minimum Gasteiger partial charge on any atom is -0.395 e. The molecule has 4 heterocycles. The average Bonchev–Trinajstić information content (AvgIpc) is 3.00. The zero-order valence-electron chi connectivity index (χ0n) is 17.8. The maximum Gasteiger partial charge on any atom is 0.586 e. The molecule has 0 aliphatic carbocycles. The van der Waals surface area contributed by atoms with Gasteiger partial charge in [0.2, 0.25) is 0 Å². The summed E-state index contributed by atoms with van der Waals surface area (Å²) in [6, 6.07) is 13.1. The van der Waals surface area contributed by atoms with Crippen molar-refractivity contribution in [2.75, 3.05) is 34.8 Å². The van der Waals surface area contributed by atoms with Gasteiger partial charge in [0.15, 0.2) is 17.3 Å². The van der Waals surface area contributed by atoms with Crippen molar-refractivity contribution in [3.8, 4) is 22.8 Å². The second-order valence-corrected chi connectivity index (χ2v) is 7.60. The van der Waals surface area contributed by atoms with Crippen molar-refractivity contribution in [1.82, 2.24) is 9.97 Å². The van der Waals surface area contributed by atoms with Crippen molar-refractivity contribution >= 4 is 23.4 Å². The minimum absolute atomic E-state index is 0.0352. The molecular formula is C23H21F2N5O3. The third-order valence-electron chi connectivity index (χ3n) is 5.48. The average molecular weight is 453 g/mol. The van der Waals surface area contributed by atoms with E-state index >= 15 is 0 Å². The van der Waals surface area contributed by atoms with Crippen molar-refractivity contribution < 1.29 is 23.0 Å². The molecule has 170 valence electrons. The summed E-state index contributed by atoms with van der Waals surface area (Å²) < 4.78 is 35.9. The van der Waals surface area contributed by atoms with Gasteiger partial charge < -0.3 is 14.4 Å². The predicted molar refractivity (Wildman–Crippen MR) is 119 cm³/mol. The maximum atomic E-state index is 13.4. The molecule has 2 aliphatic heterocycles. The second kappa shape index (κ2) is 8.19. The quantitative estimate of drug-likeness (QED) is 0.618. The van der Waals surface area contributed by atoms with Gasteiger partial charge >= 0.3 is 12.3 Å². The molecule has 3 aromatic rings. The number of anilines is 3. The Bertz CT molecular complexity index is 1190. The maximum absolute atomic E-state index is 13.4. The molecule has 2 aromatic heterocycles. The molecule has 0 saturated heterocycles. The van der Waals surface area contributed by atoms with Crippen LogP contribution in [0.1, 0.15) is 13.3 Å². The van der Waals surface area contributed by atoms with Crippen molar-refractivity contribution in [2.24, 2.45) is 0 Å². The Kier molecular flexibility index (Phi) is 5.20. The molecule has 0 bridgehead atoms. The zero-order valence-corrected chi connectivity index (χ0v) is 17.8. The molecule has 2 amide bonds. The third-order valence-corrected chi connectivity index (χ3v) is 5.48. The summed E-state index contributed by atoms with van der Waals surface area (Å²) in [5, 5.41) is 2.81. The van der Waals surface area contributed by atoms with Crippen LogP contribution >= 0.6 is 0 Å². The van der Waals surface area contributed by atoms with E-state index in [9.17, 15) is 13.6 Å². The Morgan fingerprint density at radius 2 is 1.97 bits per heavy atom. The molecular weight excluding hydrogens is 432 g/mol. The monoisotopic (exact) mass is 453 g/mol. The Morgan fingerprint density at radius 3 is 2.76 bits per heavy atom. The van der Waals surface area contributed by atoms with Gasteiger partial charge in [-0.1, -0.05) is 6.07 Å². The fourth-order valence-electron chi connectivity index (χ4n) is 3.94. The normalized spacial score (nSPS) is 16.2. The molecule has 8 nitrogen and oxygen atoms in total. The van der Waals surface area contributed by atoms with Crippen LogP contribution in [0.5, 0.6) is 11.5 Å². The number of pyridine rings is 2. The molecule has 10 heteroatoms. The number of fused-ring (bicyclic) bond motifs is 2. The summed E-state index contributed by atoms with van der Waals surface area (Å²) in [4.78, 5) is 25.8. The third kappa shape index (κ3) is 4.11. The van der Waals surface area contributed by atoms with Crippen LogP contribution in [0.3, 0.4) is 0 Å². The van der Waals surface area contributed by atoms with Crippen LogP contribution in [-0.4, -0.2) is 41.9 Å². The van der Waals surface area contributed by atoms with Gasteiger partial charge in [0.05, 0.1) is 11.4 Å². The van der Waals surface area contributed by atoms with Crippen molar-refractivity contribution in [2.45, 2.75) is 19.6 Å². The number of urea groups is 1. The van der Waals surface area contributed by atoms with Gasteiger partial charge in [0, 0.05) is 31.4 Å². The first-order chi connectivity index (χ1) is 15.9.